The molecule has 0 bridgehead atoms. The summed E-state index contributed by atoms with van der Waals surface area (Å²) < 4.78 is 0. The number of aromatic nitrogens is 1. The van der Waals surface area contributed by atoms with Gasteiger partial charge in [-0.2, -0.15) is 0 Å². The lowest BCUT2D eigenvalue weighted by molar-refractivity contribution is 0.174. The van der Waals surface area contributed by atoms with Crippen molar-refractivity contribution < 1.29 is 5.11 Å². The van der Waals surface area contributed by atoms with E-state index in [-0.39, 0.29) is 0 Å². The van der Waals surface area contributed by atoms with Gasteiger partial charge in [-0.05, 0) is 25.0 Å². The van der Waals surface area contributed by atoms with E-state index in [0.29, 0.717) is 12.2 Å². The number of anilines is 1. The first kappa shape index (κ1) is 9.00. The largest absolute Gasteiger partial charge is 0.388 e. The van der Waals surface area contributed by atoms with Gasteiger partial charge < -0.3 is 10.8 Å². The molecule has 0 radical (unpaired) electrons. The minimum atomic E-state index is -0.489. The number of aryl methyl sites for hydroxylation is 1. The second kappa shape index (κ2) is 3.54. The first-order valence-electron chi connectivity index (χ1n) is 4.05. The van der Waals surface area contributed by atoms with Crippen molar-refractivity contribution in [2.45, 2.75) is 26.4 Å². The average Bonchev–Trinajstić information content (AvgIpc) is 2.08. The van der Waals surface area contributed by atoms with E-state index in [1.54, 1.807) is 6.20 Å². The first-order chi connectivity index (χ1) is 5.65. The maximum absolute atomic E-state index is 9.51. The summed E-state index contributed by atoms with van der Waals surface area (Å²) in [4.78, 5) is 3.97. The van der Waals surface area contributed by atoms with Crippen LogP contribution in [-0.2, 0) is 0 Å². The predicted molar refractivity (Wildman–Crippen MR) is 48.6 cm³/mol. The van der Waals surface area contributed by atoms with Gasteiger partial charge >= 0.3 is 0 Å². The van der Waals surface area contributed by atoms with E-state index in [2.05, 4.69) is 4.98 Å². The molecule has 1 unspecified atom stereocenters. The van der Waals surface area contributed by atoms with Crippen LogP contribution in [0.1, 0.15) is 30.6 Å². The molecule has 0 aliphatic heterocycles. The summed E-state index contributed by atoms with van der Waals surface area (Å²) >= 11 is 0. The van der Waals surface area contributed by atoms with Crippen LogP contribution in [-0.4, -0.2) is 10.1 Å². The molecule has 12 heavy (non-hydrogen) atoms. The normalized spacial score (nSPS) is 12.9. The van der Waals surface area contributed by atoms with Crippen LogP contribution in [0.4, 0.5) is 5.82 Å². The van der Waals surface area contributed by atoms with Crippen molar-refractivity contribution >= 4 is 5.82 Å². The summed E-state index contributed by atoms with van der Waals surface area (Å²) in [5.41, 5.74) is 7.35. The molecule has 3 nitrogen and oxygen atoms in total. The molecule has 0 saturated carbocycles. The minimum absolute atomic E-state index is 0.426. The Bertz CT molecular complexity index is 273. The molecule has 3 N–H and O–H groups in total. The Hall–Kier alpha value is -1.09. The van der Waals surface area contributed by atoms with Gasteiger partial charge in [-0.3, -0.25) is 0 Å². The number of aliphatic hydroxyl groups is 1. The summed E-state index contributed by atoms with van der Waals surface area (Å²) in [5, 5.41) is 9.51. The number of pyridine rings is 1. The minimum Gasteiger partial charge on any atom is -0.388 e. The van der Waals surface area contributed by atoms with E-state index in [1.807, 2.05) is 19.9 Å². The van der Waals surface area contributed by atoms with Crippen LogP contribution < -0.4 is 5.73 Å². The van der Waals surface area contributed by atoms with Gasteiger partial charge in [-0.15, -0.1) is 0 Å². The molecule has 0 amide bonds. The van der Waals surface area contributed by atoms with Crippen molar-refractivity contribution in [2.24, 2.45) is 0 Å². The molecule has 66 valence electrons. The van der Waals surface area contributed by atoms with Gasteiger partial charge in [0, 0.05) is 11.8 Å². The third kappa shape index (κ3) is 1.74. The van der Waals surface area contributed by atoms with Crippen molar-refractivity contribution in [3.05, 3.63) is 23.4 Å². The van der Waals surface area contributed by atoms with E-state index < -0.39 is 6.10 Å². The summed E-state index contributed by atoms with van der Waals surface area (Å²) in [6.07, 6.45) is 1.87. The molecule has 1 rings (SSSR count). The number of hydrogen-bond acceptors (Lipinski definition) is 3. The highest BCUT2D eigenvalue weighted by molar-refractivity contribution is 5.42. The highest BCUT2D eigenvalue weighted by Crippen LogP contribution is 2.21. The Labute approximate surface area is 72.2 Å². The van der Waals surface area contributed by atoms with Gasteiger partial charge in [-0.25, -0.2) is 4.98 Å². The quantitative estimate of drug-likeness (QED) is 0.698. The molecule has 0 aliphatic carbocycles. The van der Waals surface area contributed by atoms with Crippen molar-refractivity contribution in [3.63, 3.8) is 0 Å². The Morgan fingerprint density at radius 3 is 2.92 bits per heavy atom. The SMILES string of the molecule is CCC(O)c1cc(C)cnc1N. The summed E-state index contributed by atoms with van der Waals surface area (Å²) in [6.45, 7) is 3.84. The average molecular weight is 166 g/mol. The molecule has 0 spiro atoms. The van der Waals surface area contributed by atoms with Crippen LogP contribution in [0.5, 0.6) is 0 Å². The fraction of sp³-hybridized carbons (Fsp3) is 0.444. The maximum Gasteiger partial charge on any atom is 0.129 e. The van der Waals surface area contributed by atoms with Gasteiger partial charge in [0.2, 0.25) is 0 Å². The zero-order chi connectivity index (χ0) is 9.14. The first-order valence-corrected chi connectivity index (χ1v) is 4.05. The Morgan fingerprint density at radius 1 is 1.67 bits per heavy atom. The fourth-order valence-electron chi connectivity index (χ4n) is 1.09. The Balaban J connectivity index is 3.04. The maximum atomic E-state index is 9.51. The number of aliphatic hydroxyl groups excluding tert-OH is 1. The van der Waals surface area contributed by atoms with Crippen LogP contribution in [0.25, 0.3) is 0 Å². The topological polar surface area (TPSA) is 59.1 Å². The van der Waals surface area contributed by atoms with Gasteiger partial charge in [0.25, 0.3) is 0 Å². The Kier molecular flexibility index (Phi) is 2.65. The van der Waals surface area contributed by atoms with Gasteiger partial charge in [0.1, 0.15) is 5.82 Å². The van der Waals surface area contributed by atoms with Crippen molar-refractivity contribution in [1.82, 2.24) is 4.98 Å². The van der Waals surface area contributed by atoms with Crippen LogP contribution in [0.15, 0.2) is 12.3 Å². The molecule has 0 fully saturated rings. The number of hydrogen-bond donors (Lipinski definition) is 2. The zero-order valence-electron chi connectivity index (χ0n) is 7.41. The molecule has 0 saturated heterocycles. The standard InChI is InChI=1S/C9H14N2O/c1-3-8(12)7-4-6(2)5-11-9(7)10/h4-5,8,12H,3H2,1-2H3,(H2,10,11). The molecule has 1 aromatic heterocycles. The number of nitrogens with zero attached hydrogens (tertiary/aromatic N) is 1. The monoisotopic (exact) mass is 166 g/mol. The lowest BCUT2D eigenvalue weighted by atomic mass is 10.1. The molecular formula is C9H14N2O. The highest BCUT2D eigenvalue weighted by Gasteiger charge is 2.09. The molecule has 3 heteroatoms. The fourth-order valence-corrected chi connectivity index (χ4v) is 1.09. The third-order valence-corrected chi connectivity index (χ3v) is 1.83. The van der Waals surface area contributed by atoms with E-state index in [9.17, 15) is 5.11 Å². The van der Waals surface area contributed by atoms with Gasteiger partial charge in [-0.1, -0.05) is 6.92 Å². The van der Waals surface area contributed by atoms with Gasteiger partial charge in [0.15, 0.2) is 0 Å². The second-order valence-electron chi connectivity index (χ2n) is 2.91. The summed E-state index contributed by atoms with van der Waals surface area (Å²) in [6, 6.07) is 1.87. The molecule has 0 aliphatic rings. The predicted octanol–water partition coefficient (Wildman–Crippen LogP) is 1.42. The third-order valence-electron chi connectivity index (χ3n) is 1.83. The van der Waals surface area contributed by atoms with E-state index in [4.69, 9.17) is 5.73 Å². The van der Waals surface area contributed by atoms with E-state index in [0.717, 1.165) is 11.1 Å². The van der Waals surface area contributed by atoms with Crippen molar-refractivity contribution in [3.8, 4) is 0 Å². The van der Waals surface area contributed by atoms with Crippen LogP contribution in [0.3, 0.4) is 0 Å². The van der Waals surface area contributed by atoms with Gasteiger partial charge in [0.05, 0.1) is 6.10 Å². The van der Waals surface area contributed by atoms with E-state index >= 15 is 0 Å². The van der Waals surface area contributed by atoms with E-state index in [1.165, 1.54) is 0 Å². The number of nitrogens with two attached hydrogens (primary N) is 1. The molecule has 1 aromatic rings. The van der Waals surface area contributed by atoms with Crippen LogP contribution in [0, 0.1) is 6.92 Å². The zero-order valence-corrected chi connectivity index (χ0v) is 7.41. The van der Waals surface area contributed by atoms with Crippen LogP contribution in [0.2, 0.25) is 0 Å². The molecule has 1 heterocycles. The molecular weight excluding hydrogens is 152 g/mol. The molecule has 0 aromatic carbocycles. The highest BCUT2D eigenvalue weighted by atomic mass is 16.3. The lowest BCUT2D eigenvalue weighted by Crippen LogP contribution is -2.03. The molecule has 1 atom stereocenters. The van der Waals surface area contributed by atoms with Crippen molar-refractivity contribution in [1.29, 1.82) is 0 Å². The van der Waals surface area contributed by atoms with Crippen molar-refractivity contribution in [2.75, 3.05) is 5.73 Å². The number of nitrogen functional groups attached to an aromatic ring is 1. The van der Waals surface area contributed by atoms with Crippen LogP contribution >= 0.6 is 0 Å². The summed E-state index contributed by atoms with van der Waals surface area (Å²) in [5.74, 6) is 0.426. The lowest BCUT2D eigenvalue weighted by Gasteiger charge is -2.10. The number of rotatable bonds is 2. The summed E-state index contributed by atoms with van der Waals surface area (Å²) in [7, 11) is 0. The second-order valence-corrected chi connectivity index (χ2v) is 2.91. The Morgan fingerprint density at radius 2 is 2.33 bits per heavy atom. The smallest absolute Gasteiger partial charge is 0.129 e.